The first-order valence-corrected chi connectivity index (χ1v) is 22.0. The highest BCUT2D eigenvalue weighted by molar-refractivity contribution is 8.76. The Morgan fingerprint density at radius 3 is 2.00 bits per heavy atom. The van der Waals surface area contributed by atoms with E-state index < -0.39 is 133 Å². The number of aliphatic hydroxyl groups excluding tert-OH is 1. The molecule has 13 N–H and O–H groups in total. The van der Waals surface area contributed by atoms with Crippen LogP contribution in [0.25, 0.3) is 0 Å². The van der Waals surface area contributed by atoms with Gasteiger partial charge >= 0.3 is 11.9 Å². The van der Waals surface area contributed by atoms with Crippen LogP contribution in [0, 0.1) is 11.8 Å². The van der Waals surface area contributed by atoms with Crippen molar-refractivity contribution in [2.24, 2.45) is 17.6 Å². The maximum absolute atomic E-state index is 13.9. The molecule has 0 aromatic rings. The van der Waals surface area contributed by atoms with E-state index in [0.717, 1.165) is 21.6 Å². The molecular weight excluding hydrogens is 831 g/mol. The monoisotopic (exact) mass is 891 g/mol. The van der Waals surface area contributed by atoms with Crippen molar-refractivity contribution >= 4 is 80.8 Å². The first-order chi connectivity index (χ1) is 28.1. The van der Waals surface area contributed by atoms with Gasteiger partial charge < -0.3 is 63.6 Å². The van der Waals surface area contributed by atoms with Gasteiger partial charge in [0.1, 0.15) is 42.3 Å². The zero-order valence-corrected chi connectivity index (χ0v) is 36.3. The predicted molar refractivity (Wildman–Crippen MR) is 220 cm³/mol. The summed E-state index contributed by atoms with van der Waals surface area (Å²) < 4.78 is 0. The second kappa shape index (κ2) is 27.2. The summed E-state index contributed by atoms with van der Waals surface area (Å²) in [5.41, 5.74) is 5.65. The Kier molecular flexibility index (Phi) is 24.2. The van der Waals surface area contributed by atoms with E-state index in [-0.39, 0.29) is 30.4 Å². The van der Waals surface area contributed by atoms with Crippen molar-refractivity contribution in [3.63, 3.8) is 0 Å². The Labute approximate surface area is 356 Å². The van der Waals surface area contributed by atoms with Crippen LogP contribution in [-0.4, -0.2) is 148 Å². The molecular formula is C36H61N9O13S2. The summed E-state index contributed by atoms with van der Waals surface area (Å²) in [6, 6.07) is -9.70. The number of unbranched alkanes of at least 4 members (excludes halogenated alkanes) is 1. The van der Waals surface area contributed by atoms with Gasteiger partial charge in [0, 0.05) is 24.9 Å². The van der Waals surface area contributed by atoms with Crippen LogP contribution in [0.1, 0.15) is 80.1 Å². The second-order valence-electron chi connectivity index (χ2n) is 14.7. The lowest BCUT2D eigenvalue weighted by atomic mass is 9.98. The maximum Gasteiger partial charge on any atom is 0.326 e. The maximum atomic E-state index is 13.9. The van der Waals surface area contributed by atoms with Gasteiger partial charge in [-0.15, -0.1) is 0 Å². The first kappa shape index (κ1) is 53.3. The zero-order valence-electron chi connectivity index (χ0n) is 34.7. The molecule has 0 aromatic carbocycles. The van der Waals surface area contributed by atoms with E-state index >= 15 is 0 Å². The molecule has 0 spiro atoms. The third-order valence-corrected chi connectivity index (χ3v) is 11.7. The number of carbonyl (C=O) groups is 10. The van der Waals surface area contributed by atoms with Crippen LogP contribution in [0.15, 0.2) is 0 Å². The Balaban J connectivity index is 3.62. The number of nitrogens with two attached hydrogens (primary N) is 1. The van der Waals surface area contributed by atoms with E-state index in [9.17, 15) is 58.2 Å². The molecule has 1 rings (SSSR count). The van der Waals surface area contributed by atoms with Gasteiger partial charge in [-0.1, -0.05) is 55.7 Å². The van der Waals surface area contributed by atoms with E-state index in [0.29, 0.717) is 19.3 Å². The highest BCUT2D eigenvalue weighted by Crippen LogP contribution is 2.24. The summed E-state index contributed by atoms with van der Waals surface area (Å²) in [5.74, 6) is -10.8. The van der Waals surface area contributed by atoms with E-state index in [4.69, 9.17) is 10.8 Å². The Morgan fingerprint density at radius 1 is 0.800 bits per heavy atom. The standard InChI is InChI=1S/C36H61N9O13S2/c1-7-18(4)28-35(56)43-23(31(52)41-22(36(57)58)11-12-26(49)50)15-59-60-16-24(32(53)45-29(19(5)46)33(54)38-14-25(48)44-28)42-30(51)21(10-8-9-13-37)40-34(55)27(17(2)3)39-20(6)47/h17-19,21-24,27-29,46H,7-16,37H2,1-6H3,(H,38,54)(H,39,47)(H,40,55)(H,41,52)(H,42,51)(H,43,56)(H,44,48)(H,45,53)(H,49,50)(H,57,58)/t18-,19+,21-,22-,23-,24-,27-,28-,29-/m0/s1. The number of amides is 8. The lowest BCUT2D eigenvalue weighted by Crippen LogP contribution is -2.61. The molecule has 22 nitrogen and oxygen atoms in total. The Morgan fingerprint density at radius 2 is 1.45 bits per heavy atom. The number of aliphatic carboxylic acids is 2. The number of nitrogens with one attached hydrogen (secondary N) is 8. The van der Waals surface area contributed by atoms with Gasteiger partial charge in [0.15, 0.2) is 0 Å². The highest BCUT2D eigenvalue weighted by atomic mass is 33.1. The molecule has 0 radical (unpaired) electrons. The third kappa shape index (κ3) is 19.1. The van der Waals surface area contributed by atoms with Gasteiger partial charge in [-0.2, -0.15) is 0 Å². The minimum Gasteiger partial charge on any atom is -0.481 e. The number of carbonyl (C=O) groups excluding carboxylic acids is 8. The van der Waals surface area contributed by atoms with Crippen molar-refractivity contribution in [3.8, 4) is 0 Å². The molecule has 9 atom stereocenters. The van der Waals surface area contributed by atoms with Crippen molar-refractivity contribution in [2.45, 2.75) is 128 Å². The molecule has 0 bridgehead atoms. The molecule has 0 aliphatic carbocycles. The van der Waals surface area contributed by atoms with Crippen LogP contribution in [0.5, 0.6) is 0 Å². The van der Waals surface area contributed by atoms with Crippen LogP contribution < -0.4 is 48.3 Å². The zero-order chi connectivity index (χ0) is 45.7. The molecule has 8 amide bonds. The van der Waals surface area contributed by atoms with E-state index in [2.05, 4.69) is 42.5 Å². The number of carboxylic acids is 2. The largest absolute Gasteiger partial charge is 0.481 e. The minimum absolute atomic E-state index is 0.0780. The third-order valence-electron chi connectivity index (χ3n) is 9.27. The van der Waals surface area contributed by atoms with Gasteiger partial charge in [-0.3, -0.25) is 43.2 Å². The Hall–Kier alpha value is -4.68. The summed E-state index contributed by atoms with van der Waals surface area (Å²) in [6.07, 6.45) is -1.26. The van der Waals surface area contributed by atoms with E-state index in [1.165, 1.54) is 13.8 Å². The van der Waals surface area contributed by atoms with Crippen LogP contribution in [0.2, 0.25) is 0 Å². The van der Waals surface area contributed by atoms with Crippen LogP contribution in [-0.2, 0) is 47.9 Å². The number of carboxylic acid groups (broad SMARTS) is 2. The summed E-state index contributed by atoms with van der Waals surface area (Å²) in [7, 11) is 1.84. The van der Waals surface area contributed by atoms with Gasteiger partial charge in [-0.25, -0.2) is 4.79 Å². The van der Waals surface area contributed by atoms with E-state index in [1.807, 2.05) is 0 Å². The van der Waals surface area contributed by atoms with Crippen molar-refractivity contribution in [3.05, 3.63) is 0 Å². The fourth-order valence-corrected chi connectivity index (χ4v) is 7.90. The Bertz CT molecular complexity index is 1540. The lowest BCUT2D eigenvalue weighted by molar-refractivity contribution is -0.143. The smallest absolute Gasteiger partial charge is 0.326 e. The molecule has 0 saturated carbocycles. The second-order valence-corrected chi connectivity index (χ2v) is 17.2. The SMILES string of the molecule is CC[C@H](C)[C@@H]1NC(=O)CNC(=O)[C@H]([C@@H](C)O)NC(=O)[C@@H](NC(=O)[C@H](CCCCN)NC(=O)[C@@H](NC(C)=O)C(C)C)CSSC[C@@H](C(=O)N[C@@H](CCC(=O)O)C(=O)O)NC1=O. The molecule has 1 aliphatic heterocycles. The summed E-state index contributed by atoms with van der Waals surface area (Å²) in [6.45, 7) is 8.78. The van der Waals surface area contributed by atoms with Crippen molar-refractivity contribution < 1.29 is 63.3 Å². The molecule has 24 heteroatoms. The number of hydrogen-bond donors (Lipinski definition) is 12. The molecule has 1 saturated heterocycles. The molecule has 60 heavy (non-hydrogen) atoms. The van der Waals surface area contributed by atoms with E-state index in [1.54, 1.807) is 27.7 Å². The van der Waals surface area contributed by atoms with Gasteiger partial charge in [0.2, 0.25) is 47.3 Å². The molecule has 1 fully saturated rings. The summed E-state index contributed by atoms with van der Waals surface area (Å²) >= 11 is 0. The van der Waals surface area contributed by atoms with Crippen molar-refractivity contribution in [1.82, 2.24) is 42.5 Å². The number of rotatable bonds is 19. The fraction of sp³-hybridized carbons (Fsp3) is 0.722. The first-order valence-electron chi connectivity index (χ1n) is 19.6. The minimum atomic E-state index is -1.64. The van der Waals surface area contributed by atoms with Crippen LogP contribution in [0.4, 0.5) is 0 Å². The molecule has 1 heterocycles. The number of hydrogen-bond acceptors (Lipinski definition) is 14. The lowest BCUT2D eigenvalue weighted by Gasteiger charge is -2.27. The summed E-state index contributed by atoms with van der Waals surface area (Å²) in [5, 5.41) is 48.9. The fourth-order valence-electron chi connectivity index (χ4n) is 5.57. The van der Waals surface area contributed by atoms with Crippen molar-refractivity contribution in [1.29, 1.82) is 0 Å². The molecule has 1 aliphatic rings. The molecule has 0 unspecified atom stereocenters. The predicted octanol–water partition coefficient (Wildman–Crippen LogP) is -2.93. The van der Waals surface area contributed by atoms with Gasteiger partial charge in [0.05, 0.1) is 12.6 Å². The quantitative estimate of drug-likeness (QED) is 0.0456. The number of aliphatic hydroxyl groups is 1. The van der Waals surface area contributed by atoms with Crippen LogP contribution >= 0.6 is 21.6 Å². The summed E-state index contributed by atoms with van der Waals surface area (Å²) in [4.78, 5) is 129. The average Bonchev–Trinajstić information content (AvgIpc) is 3.17. The topological polar surface area (TPSA) is 354 Å². The molecule has 0 aromatic heterocycles. The van der Waals surface area contributed by atoms with Gasteiger partial charge in [-0.05, 0) is 51.0 Å². The highest BCUT2D eigenvalue weighted by Gasteiger charge is 2.36. The van der Waals surface area contributed by atoms with Crippen molar-refractivity contribution in [2.75, 3.05) is 24.6 Å². The average molecular weight is 892 g/mol. The van der Waals surface area contributed by atoms with Gasteiger partial charge in [0.25, 0.3) is 0 Å². The molecule has 340 valence electrons. The normalized spacial score (nSPS) is 22.1. The van der Waals surface area contributed by atoms with Crippen LogP contribution in [0.3, 0.4) is 0 Å².